The average Bonchev–Trinajstić information content (AvgIpc) is 2.47. The summed E-state index contributed by atoms with van der Waals surface area (Å²) in [5, 5.41) is 0. The molecule has 1 aromatic heterocycles. The topological polar surface area (TPSA) is 34.6 Å². The highest BCUT2D eigenvalue weighted by Gasteiger charge is 2.10. The first kappa shape index (κ1) is 17.2. The number of hydrogen-bond donors (Lipinski definition) is 0. The fraction of sp³-hybridized carbons (Fsp3) is 0.667. The van der Waals surface area contributed by atoms with Gasteiger partial charge in [-0.05, 0) is 24.1 Å². The van der Waals surface area contributed by atoms with Crippen LogP contribution in [0, 0.1) is 0 Å². The average molecular weight is 301 g/mol. The van der Waals surface area contributed by atoms with E-state index in [-0.39, 0.29) is 0 Å². The van der Waals surface area contributed by atoms with Gasteiger partial charge in [0.1, 0.15) is 5.82 Å². The zero-order valence-electron chi connectivity index (χ0n) is 12.7. The molecule has 0 unspecified atom stereocenters. The molecule has 0 saturated carbocycles. The molecule has 1 heterocycles. The lowest BCUT2D eigenvalue weighted by Gasteiger charge is -2.24. The number of halogens is 1. The summed E-state index contributed by atoms with van der Waals surface area (Å²) in [6, 6.07) is 4.14. The van der Waals surface area contributed by atoms with Crippen molar-refractivity contribution in [3.05, 3.63) is 23.4 Å². The third-order valence-corrected chi connectivity index (χ3v) is 3.35. The maximum Gasteiger partial charge on any atom is 0.129 e. The molecule has 0 amide bonds. The van der Waals surface area contributed by atoms with Crippen molar-refractivity contribution in [2.75, 3.05) is 45.4 Å². The van der Waals surface area contributed by atoms with Gasteiger partial charge in [-0.2, -0.15) is 0 Å². The van der Waals surface area contributed by atoms with E-state index in [4.69, 9.17) is 26.1 Å². The molecular formula is C15H25ClN2O2. The number of hydrogen-bond acceptors (Lipinski definition) is 4. The lowest BCUT2D eigenvalue weighted by atomic mass is 10.1. The minimum atomic E-state index is 0.509. The Morgan fingerprint density at radius 3 is 2.30 bits per heavy atom. The van der Waals surface area contributed by atoms with Gasteiger partial charge in [-0.1, -0.05) is 13.3 Å². The number of anilines is 1. The number of alkyl halides is 1. The van der Waals surface area contributed by atoms with Crippen LogP contribution in [0.5, 0.6) is 0 Å². The van der Waals surface area contributed by atoms with Crippen molar-refractivity contribution >= 4 is 17.4 Å². The molecule has 0 aromatic carbocycles. The van der Waals surface area contributed by atoms with Gasteiger partial charge in [-0.3, -0.25) is 0 Å². The Kier molecular flexibility index (Phi) is 8.58. The zero-order valence-corrected chi connectivity index (χ0v) is 13.4. The minimum absolute atomic E-state index is 0.509. The number of rotatable bonds is 10. The second-order valence-corrected chi connectivity index (χ2v) is 4.95. The van der Waals surface area contributed by atoms with Crippen molar-refractivity contribution in [2.45, 2.75) is 25.6 Å². The molecule has 0 radical (unpaired) electrons. The van der Waals surface area contributed by atoms with Crippen molar-refractivity contribution in [1.82, 2.24) is 4.98 Å². The second-order valence-electron chi connectivity index (χ2n) is 4.68. The summed E-state index contributed by atoms with van der Waals surface area (Å²) in [5.74, 6) is 1.47. The van der Waals surface area contributed by atoms with Crippen LogP contribution < -0.4 is 4.90 Å². The van der Waals surface area contributed by atoms with E-state index in [0.717, 1.165) is 43.0 Å². The number of aryl methyl sites for hydroxylation is 1. The molecular weight excluding hydrogens is 276 g/mol. The molecule has 0 saturated heterocycles. The van der Waals surface area contributed by atoms with Gasteiger partial charge in [0.2, 0.25) is 0 Å². The van der Waals surface area contributed by atoms with Crippen LogP contribution in [-0.2, 0) is 21.8 Å². The van der Waals surface area contributed by atoms with E-state index in [2.05, 4.69) is 24.0 Å². The van der Waals surface area contributed by atoms with E-state index in [1.165, 1.54) is 0 Å². The quantitative estimate of drug-likeness (QED) is 0.622. The Morgan fingerprint density at radius 2 is 1.80 bits per heavy atom. The van der Waals surface area contributed by atoms with E-state index >= 15 is 0 Å². The van der Waals surface area contributed by atoms with Gasteiger partial charge in [0, 0.05) is 38.9 Å². The van der Waals surface area contributed by atoms with Gasteiger partial charge >= 0.3 is 0 Å². The van der Waals surface area contributed by atoms with E-state index in [1.54, 1.807) is 14.2 Å². The maximum absolute atomic E-state index is 5.99. The first-order valence-electron chi connectivity index (χ1n) is 7.03. The zero-order chi connectivity index (χ0) is 14.8. The summed E-state index contributed by atoms with van der Waals surface area (Å²) in [7, 11) is 3.42. The minimum Gasteiger partial charge on any atom is -0.383 e. The molecule has 4 nitrogen and oxygen atoms in total. The Hall–Kier alpha value is -0.840. The summed E-state index contributed by atoms with van der Waals surface area (Å²) in [5.41, 5.74) is 2.21. The number of ether oxygens (including phenoxy) is 2. The van der Waals surface area contributed by atoms with E-state index in [1.807, 2.05) is 0 Å². The lowest BCUT2D eigenvalue weighted by Crippen LogP contribution is -2.31. The Labute approximate surface area is 127 Å². The highest BCUT2D eigenvalue weighted by molar-refractivity contribution is 6.17. The third kappa shape index (κ3) is 5.65. The molecule has 1 aromatic rings. The number of aromatic nitrogens is 1. The maximum atomic E-state index is 5.99. The third-order valence-electron chi connectivity index (χ3n) is 3.04. The van der Waals surface area contributed by atoms with Gasteiger partial charge in [-0.15, -0.1) is 11.6 Å². The summed E-state index contributed by atoms with van der Waals surface area (Å²) in [4.78, 5) is 6.92. The number of methoxy groups -OCH3 is 2. The van der Waals surface area contributed by atoms with Crippen LogP contribution in [0.15, 0.2) is 12.1 Å². The van der Waals surface area contributed by atoms with Crippen LogP contribution in [0.3, 0.4) is 0 Å². The smallest absolute Gasteiger partial charge is 0.129 e. The second kappa shape index (κ2) is 9.97. The molecule has 20 heavy (non-hydrogen) atoms. The summed E-state index contributed by atoms with van der Waals surface area (Å²) >= 11 is 5.99. The molecule has 5 heteroatoms. The molecule has 0 spiro atoms. The number of nitrogens with zero attached hydrogens (tertiary/aromatic N) is 2. The Morgan fingerprint density at radius 1 is 1.15 bits per heavy atom. The van der Waals surface area contributed by atoms with E-state index < -0.39 is 0 Å². The summed E-state index contributed by atoms with van der Waals surface area (Å²) in [6.07, 6.45) is 2.05. The monoisotopic (exact) mass is 300 g/mol. The molecule has 0 aliphatic rings. The van der Waals surface area contributed by atoms with Crippen molar-refractivity contribution < 1.29 is 9.47 Å². The molecule has 0 aliphatic carbocycles. The Balaban J connectivity index is 2.93. The molecule has 0 fully saturated rings. The van der Waals surface area contributed by atoms with E-state index in [0.29, 0.717) is 19.1 Å². The van der Waals surface area contributed by atoms with Gasteiger partial charge in [0.05, 0.1) is 13.2 Å². The molecule has 114 valence electrons. The predicted molar refractivity (Wildman–Crippen MR) is 83.8 cm³/mol. The summed E-state index contributed by atoms with van der Waals surface area (Å²) in [6.45, 7) is 5.08. The molecule has 0 bridgehead atoms. The van der Waals surface area contributed by atoms with Gasteiger partial charge in [0.25, 0.3) is 0 Å². The first-order valence-corrected chi connectivity index (χ1v) is 7.57. The fourth-order valence-corrected chi connectivity index (χ4v) is 2.15. The van der Waals surface area contributed by atoms with Crippen LogP contribution in [0.4, 0.5) is 5.82 Å². The predicted octanol–water partition coefficient (Wildman–Crippen LogP) is 2.87. The molecule has 1 rings (SSSR count). The normalized spacial score (nSPS) is 10.8. The lowest BCUT2D eigenvalue weighted by molar-refractivity contribution is 0.190. The fourth-order valence-electron chi connectivity index (χ4n) is 2.00. The van der Waals surface area contributed by atoms with Crippen LogP contribution in [0.2, 0.25) is 0 Å². The standard InChI is InChI=1S/C15H25ClN2O2/c1-4-5-14-10-13(12-16)11-15(17-14)18(6-8-19-2)7-9-20-3/h10-11H,4-9,12H2,1-3H3. The highest BCUT2D eigenvalue weighted by atomic mass is 35.5. The van der Waals surface area contributed by atoms with Crippen LogP contribution >= 0.6 is 11.6 Å². The van der Waals surface area contributed by atoms with E-state index in [9.17, 15) is 0 Å². The molecule has 0 aliphatic heterocycles. The van der Waals surface area contributed by atoms with Crippen LogP contribution in [-0.4, -0.2) is 45.5 Å². The highest BCUT2D eigenvalue weighted by Crippen LogP contribution is 2.17. The molecule has 0 N–H and O–H groups in total. The van der Waals surface area contributed by atoms with Crippen LogP contribution in [0.25, 0.3) is 0 Å². The largest absolute Gasteiger partial charge is 0.383 e. The van der Waals surface area contributed by atoms with Crippen LogP contribution in [0.1, 0.15) is 24.6 Å². The van der Waals surface area contributed by atoms with Gasteiger partial charge in [-0.25, -0.2) is 4.98 Å². The first-order chi connectivity index (χ1) is 9.74. The van der Waals surface area contributed by atoms with Gasteiger partial charge < -0.3 is 14.4 Å². The van der Waals surface area contributed by atoms with Crippen molar-refractivity contribution in [2.24, 2.45) is 0 Å². The van der Waals surface area contributed by atoms with Crippen molar-refractivity contribution in [3.8, 4) is 0 Å². The Bertz CT molecular complexity index is 380. The summed E-state index contributed by atoms with van der Waals surface area (Å²) < 4.78 is 10.3. The molecule has 0 atom stereocenters. The SMILES string of the molecule is CCCc1cc(CCl)cc(N(CCOC)CCOC)n1. The number of pyridine rings is 1. The van der Waals surface area contributed by atoms with Crippen molar-refractivity contribution in [3.63, 3.8) is 0 Å². The van der Waals surface area contributed by atoms with Gasteiger partial charge in [0.15, 0.2) is 0 Å². The van der Waals surface area contributed by atoms with Crippen molar-refractivity contribution in [1.29, 1.82) is 0 Å².